The van der Waals surface area contributed by atoms with Crippen molar-refractivity contribution < 1.29 is 4.74 Å². The minimum atomic E-state index is 0.112. The lowest BCUT2D eigenvalue weighted by Gasteiger charge is -2.34. The average molecular weight is 285 g/mol. The molecule has 1 aliphatic heterocycles. The zero-order valence-electron chi connectivity index (χ0n) is 9.50. The van der Waals surface area contributed by atoms with Gasteiger partial charge >= 0.3 is 0 Å². The first-order valence-electron chi connectivity index (χ1n) is 5.60. The van der Waals surface area contributed by atoms with Gasteiger partial charge in [0.1, 0.15) is 0 Å². The number of nitrogens with one attached hydrogen (secondary N) is 1. The van der Waals surface area contributed by atoms with Crippen LogP contribution in [0.5, 0.6) is 0 Å². The molecule has 0 spiro atoms. The molecule has 1 aromatic heterocycles. The summed E-state index contributed by atoms with van der Waals surface area (Å²) >= 11 is 3.43. The maximum atomic E-state index is 5.51. The average Bonchev–Trinajstić information content (AvgIpc) is 2.28. The molecule has 1 aliphatic rings. The van der Waals surface area contributed by atoms with Gasteiger partial charge in [0.25, 0.3) is 0 Å². The Balaban J connectivity index is 1.91. The van der Waals surface area contributed by atoms with Crippen LogP contribution < -0.4 is 5.32 Å². The molecule has 1 saturated heterocycles. The van der Waals surface area contributed by atoms with Gasteiger partial charge in [-0.3, -0.25) is 4.98 Å². The van der Waals surface area contributed by atoms with Crippen LogP contribution in [0.15, 0.2) is 22.9 Å². The van der Waals surface area contributed by atoms with Gasteiger partial charge in [0, 0.05) is 35.6 Å². The zero-order valence-corrected chi connectivity index (χ0v) is 11.1. The number of nitrogens with zero attached hydrogens (tertiary/aromatic N) is 1. The molecular weight excluding hydrogens is 268 g/mol. The lowest BCUT2D eigenvalue weighted by Crippen LogP contribution is -2.48. The maximum absolute atomic E-state index is 5.51. The molecule has 4 heteroatoms. The van der Waals surface area contributed by atoms with Crippen molar-refractivity contribution in [1.82, 2.24) is 10.3 Å². The van der Waals surface area contributed by atoms with E-state index in [9.17, 15) is 0 Å². The van der Waals surface area contributed by atoms with E-state index in [-0.39, 0.29) is 5.54 Å². The summed E-state index contributed by atoms with van der Waals surface area (Å²) in [5, 5.41) is 3.56. The first-order valence-corrected chi connectivity index (χ1v) is 6.39. The first kappa shape index (κ1) is 12.0. The second kappa shape index (κ2) is 5.25. The van der Waals surface area contributed by atoms with E-state index >= 15 is 0 Å². The normalized spacial score (nSPS) is 25.6. The number of aromatic nitrogens is 1. The highest BCUT2D eigenvalue weighted by atomic mass is 79.9. The third-order valence-electron chi connectivity index (χ3n) is 2.92. The standard InChI is InChI=1S/C12H17BrN2O/c1-12(3-2-4-16-9-12)15-7-10-5-11(13)8-14-6-10/h5-6,8,15H,2-4,7,9H2,1H3. The molecule has 1 atom stereocenters. The van der Waals surface area contributed by atoms with Crippen LogP contribution in [0.4, 0.5) is 0 Å². The number of hydrogen-bond donors (Lipinski definition) is 1. The number of pyridine rings is 1. The van der Waals surface area contributed by atoms with Gasteiger partial charge in [0.15, 0.2) is 0 Å². The molecule has 1 aromatic rings. The van der Waals surface area contributed by atoms with E-state index in [1.54, 1.807) is 6.20 Å². The summed E-state index contributed by atoms with van der Waals surface area (Å²) < 4.78 is 6.53. The summed E-state index contributed by atoms with van der Waals surface area (Å²) in [6.45, 7) is 4.76. The summed E-state index contributed by atoms with van der Waals surface area (Å²) in [5.74, 6) is 0. The number of ether oxygens (including phenoxy) is 1. The topological polar surface area (TPSA) is 34.2 Å². The van der Waals surface area contributed by atoms with E-state index in [0.717, 1.165) is 30.7 Å². The minimum Gasteiger partial charge on any atom is -0.380 e. The molecule has 1 N–H and O–H groups in total. The van der Waals surface area contributed by atoms with Crippen LogP contribution in [0.3, 0.4) is 0 Å². The molecule has 0 radical (unpaired) electrons. The van der Waals surface area contributed by atoms with Crippen molar-refractivity contribution >= 4 is 15.9 Å². The fourth-order valence-corrected chi connectivity index (χ4v) is 2.35. The minimum absolute atomic E-state index is 0.112. The third-order valence-corrected chi connectivity index (χ3v) is 3.35. The van der Waals surface area contributed by atoms with Gasteiger partial charge in [-0.15, -0.1) is 0 Å². The Labute approximate surface area is 105 Å². The smallest absolute Gasteiger partial charge is 0.0645 e. The fraction of sp³-hybridized carbons (Fsp3) is 0.583. The van der Waals surface area contributed by atoms with Crippen LogP contribution in [0, 0.1) is 0 Å². The van der Waals surface area contributed by atoms with Crippen LogP contribution in [0.25, 0.3) is 0 Å². The van der Waals surface area contributed by atoms with Gasteiger partial charge in [-0.1, -0.05) is 0 Å². The Kier molecular flexibility index (Phi) is 3.95. The molecule has 0 aliphatic carbocycles. The molecule has 88 valence electrons. The molecule has 0 amide bonds. The highest BCUT2D eigenvalue weighted by Gasteiger charge is 2.26. The van der Waals surface area contributed by atoms with E-state index in [0.29, 0.717) is 0 Å². The fourth-order valence-electron chi connectivity index (χ4n) is 1.94. The third kappa shape index (κ3) is 3.27. The monoisotopic (exact) mass is 284 g/mol. The highest BCUT2D eigenvalue weighted by molar-refractivity contribution is 9.10. The van der Waals surface area contributed by atoms with Gasteiger partial charge in [0.05, 0.1) is 6.61 Å². The Morgan fingerprint density at radius 1 is 1.56 bits per heavy atom. The number of hydrogen-bond acceptors (Lipinski definition) is 3. The van der Waals surface area contributed by atoms with Crippen molar-refractivity contribution in [2.24, 2.45) is 0 Å². The molecule has 3 nitrogen and oxygen atoms in total. The summed E-state index contributed by atoms with van der Waals surface area (Å²) in [7, 11) is 0. The summed E-state index contributed by atoms with van der Waals surface area (Å²) in [5.41, 5.74) is 1.31. The lowest BCUT2D eigenvalue weighted by atomic mass is 9.95. The van der Waals surface area contributed by atoms with Crippen molar-refractivity contribution in [3.63, 3.8) is 0 Å². The Morgan fingerprint density at radius 2 is 2.44 bits per heavy atom. The SMILES string of the molecule is CC1(NCc2cncc(Br)c2)CCCOC1. The van der Waals surface area contributed by atoms with Crippen LogP contribution in [0.2, 0.25) is 0 Å². The van der Waals surface area contributed by atoms with Crippen molar-refractivity contribution in [3.05, 3.63) is 28.5 Å². The second-order valence-corrected chi connectivity index (χ2v) is 5.50. The maximum Gasteiger partial charge on any atom is 0.0645 e. The Hall–Kier alpha value is -0.450. The van der Waals surface area contributed by atoms with Crippen molar-refractivity contribution in [3.8, 4) is 0 Å². The molecule has 0 bridgehead atoms. The summed E-state index contributed by atoms with van der Waals surface area (Å²) in [4.78, 5) is 4.15. The summed E-state index contributed by atoms with van der Waals surface area (Å²) in [6, 6.07) is 2.09. The van der Waals surface area contributed by atoms with Crippen molar-refractivity contribution in [2.75, 3.05) is 13.2 Å². The number of rotatable bonds is 3. The van der Waals surface area contributed by atoms with E-state index in [4.69, 9.17) is 4.74 Å². The number of halogens is 1. The van der Waals surface area contributed by atoms with Crippen LogP contribution >= 0.6 is 15.9 Å². The Bertz CT molecular complexity index is 351. The summed E-state index contributed by atoms with van der Waals surface area (Å²) in [6.07, 6.45) is 6.01. The van der Waals surface area contributed by atoms with E-state index in [1.165, 1.54) is 12.0 Å². The molecule has 2 heterocycles. The van der Waals surface area contributed by atoms with E-state index in [2.05, 4.69) is 39.2 Å². The predicted molar refractivity (Wildman–Crippen MR) is 67.2 cm³/mol. The van der Waals surface area contributed by atoms with Crippen LogP contribution in [0.1, 0.15) is 25.3 Å². The molecule has 2 rings (SSSR count). The molecule has 16 heavy (non-hydrogen) atoms. The predicted octanol–water partition coefficient (Wildman–Crippen LogP) is 2.50. The van der Waals surface area contributed by atoms with Gasteiger partial charge in [-0.25, -0.2) is 0 Å². The largest absolute Gasteiger partial charge is 0.380 e. The molecule has 1 unspecified atom stereocenters. The second-order valence-electron chi connectivity index (χ2n) is 4.58. The van der Waals surface area contributed by atoms with Gasteiger partial charge < -0.3 is 10.1 Å². The quantitative estimate of drug-likeness (QED) is 0.926. The van der Waals surface area contributed by atoms with Crippen LogP contribution in [-0.2, 0) is 11.3 Å². The van der Waals surface area contributed by atoms with Gasteiger partial charge in [-0.2, -0.15) is 0 Å². The molecule has 0 saturated carbocycles. The molecule has 0 aromatic carbocycles. The van der Waals surface area contributed by atoms with Crippen molar-refractivity contribution in [1.29, 1.82) is 0 Å². The van der Waals surface area contributed by atoms with Gasteiger partial charge in [-0.05, 0) is 47.3 Å². The Morgan fingerprint density at radius 3 is 3.12 bits per heavy atom. The highest BCUT2D eigenvalue weighted by Crippen LogP contribution is 2.19. The lowest BCUT2D eigenvalue weighted by molar-refractivity contribution is 0.0278. The molecular formula is C12H17BrN2O. The zero-order chi connectivity index (χ0) is 11.4. The molecule has 1 fully saturated rings. The van der Waals surface area contributed by atoms with Gasteiger partial charge in [0.2, 0.25) is 0 Å². The van der Waals surface area contributed by atoms with Crippen LogP contribution in [-0.4, -0.2) is 23.7 Å². The van der Waals surface area contributed by atoms with E-state index in [1.807, 2.05) is 6.20 Å². The van der Waals surface area contributed by atoms with Crippen molar-refractivity contribution in [2.45, 2.75) is 31.8 Å². The first-order chi connectivity index (χ1) is 7.68. The van der Waals surface area contributed by atoms with E-state index < -0.39 is 0 Å².